The van der Waals surface area contributed by atoms with Crippen LogP contribution in [0.1, 0.15) is 12.8 Å². The standard InChI is InChI=1S/C5H12N2O5S2/c6-14(10,11)7(13(8)9)4-5-2-1-3-12-5/h5H,1-4H2,(H,8,9)(H2,6,10,11). The minimum absolute atomic E-state index is 0.179. The minimum Gasteiger partial charge on any atom is -0.377 e. The van der Waals surface area contributed by atoms with Crippen LogP contribution in [0.15, 0.2) is 0 Å². The molecule has 0 bridgehead atoms. The molecule has 1 fully saturated rings. The molecule has 0 aromatic rings. The Hall–Kier alpha value is -0.0600. The van der Waals surface area contributed by atoms with Crippen molar-refractivity contribution in [3.63, 3.8) is 0 Å². The summed E-state index contributed by atoms with van der Waals surface area (Å²) in [4.78, 5) is 0. The number of nitrogens with two attached hydrogens (primary N) is 1. The second-order valence-electron chi connectivity index (χ2n) is 2.90. The molecule has 7 nitrogen and oxygen atoms in total. The fourth-order valence-electron chi connectivity index (χ4n) is 1.21. The summed E-state index contributed by atoms with van der Waals surface area (Å²) in [5.41, 5.74) is 0. The molecule has 3 N–H and O–H groups in total. The molecular weight excluding hydrogens is 232 g/mol. The molecule has 1 heterocycles. The molecule has 2 unspecified atom stereocenters. The predicted octanol–water partition coefficient (Wildman–Crippen LogP) is -1.19. The number of rotatable bonds is 4. The van der Waals surface area contributed by atoms with E-state index < -0.39 is 21.5 Å². The van der Waals surface area contributed by atoms with Gasteiger partial charge in [0.2, 0.25) is 11.3 Å². The van der Waals surface area contributed by atoms with E-state index in [1.807, 2.05) is 0 Å². The molecular formula is C5H12N2O5S2. The highest BCUT2D eigenvalue weighted by Gasteiger charge is 2.28. The highest BCUT2D eigenvalue weighted by atomic mass is 32.3. The Kier molecular flexibility index (Phi) is 3.98. The fraction of sp³-hybridized carbons (Fsp3) is 1.00. The normalized spacial score (nSPS) is 25.5. The average molecular weight is 244 g/mol. The summed E-state index contributed by atoms with van der Waals surface area (Å²) >= 11 is -2.63. The van der Waals surface area contributed by atoms with Crippen LogP contribution in [0.5, 0.6) is 0 Å². The van der Waals surface area contributed by atoms with Crippen molar-refractivity contribution < 1.29 is 21.9 Å². The third-order valence-electron chi connectivity index (χ3n) is 1.83. The summed E-state index contributed by atoms with van der Waals surface area (Å²) in [5.74, 6) is 0. The molecule has 0 aliphatic carbocycles. The summed E-state index contributed by atoms with van der Waals surface area (Å²) in [5, 5.41) is 4.75. The number of ether oxygens (including phenoxy) is 1. The van der Waals surface area contributed by atoms with E-state index in [1.54, 1.807) is 0 Å². The third-order valence-corrected chi connectivity index (χ3v) is 4.05. The summed E-state index contributed by atoms with van der Waals surface area (Å²) in [6.45, 7) is 0.364. The lowest BCUT2D eigenvalue weighted by Gasteiger charge is -2.17. The third kappa shape index (κ3) is 3.26. The summed E-state index contributed by atoms with van der Waals surface area (Å²) in [7, 11) is -4.15. The van der Waals surface area contributed by atoms with E-state index in [1.165, 1.54) is 0 Å². The van der Waals surface area contributed by atoms with Gasteiger partial charge in [0.15, 0.2) is 0 Å². The van der Waals surface area contributed by atoms with E-state index in [-0.39, 0.29) is 12.6 Å². The molecule has 14 heavy (non-hydrogen) atoms. The molecule has 0 aromatic heterocycles. The molecule has 0 aromatic carbocycles. The maximum absolute atomic E-state index is 10.9. The second-order valence-corrected chi connectivity index (χ2v) is 5.50. The lowest BCUT2D eigenvalue weighted by molar-refractivity contribution is 0.104. The van der Waals surface area contributed by atoms with Gasteiger partial charge in [-0.1, -0.05) is 3.71 Å². The summed E-state index contributed by atoms with van der Waals surface area (Å²) in [6, 6.07) is 0. The van der Waals surface area contributed by atoms with Crippen LogP contribution >= 0.6 is 0 Å². The van der Waals surface area contributed by atoms with Crippen molar-refractivity contribution in [2.45, 2.75) is 18.9 Å². The van der Waals surface area contributed by atoms with Crippen molar-refractivity contribution in [1.29, 1.82) is 0 Å². The molecule has 1 aliphatic heterocycles. The molecule has 84 valence electrons. The zero-order valence-corrected chi connectivity index (χ0v) is 8.96. The Bertz CT molecular complexity index is 310. The quantitative estimate of drug-likeness (QED) is 0.604. The van der Waals surface area contributed by atoms with Gasteiger partial charge in [0.1, 0.15) is 0 Å². The van der Waals surface area contributed by atoms with Crippen LogP contribution in [0, 0.1) is 0 Å². The van der Waals surface area contributed by atoms with Gasteiger partial charge in [0, 0.05) is 6.61 Å². The van der Waals surface area contributed by atoms with Crippen LogP contribution in [0.3, 0.4) is 0 Å². The van der Waals surface area contributed by atoms with E-state index in [0.717, 1.165) is 6.42 Å². The van der Waals surface area contributed by atoms with E-state index >= 15 is 0 Å². The molecule has 1 rings (SSSR count). The Morgan fingerprint density at radius 3 is 2.64 bits per heavy atom. The summed E-state index contributed by atoms with van der Waals surface area (Å²) < 4.78 is 46.5. The van der Waals surface area contributed by atoms with Gasteiger partial charge >= 0.3 is 0 Å². The van der Waals surface area contributed by atoms with Gasteiger partial charge in [0.05, 0.1) is 12.6 Å². The molecule has 0 radical (unpaired) electrons. The molecule has 1 saturated heterocycles. The van der Waals surface area contributed by atoms with Gasteiger partial charge in [-0.3, -0.25) is 4.55 Å². The smallest absolute Gasteiger partial charge is 0.290 e. The van der Waals surface area contributed by atoms with Crippen LogP contribution in [0.25, 0.3) is 0 Å². The lowest BCUT2D eigenvalue weighted by atomic mass is 10.2. The minimum atomic E-state index is -4.15. The van der Waals surface area contributed by atoms with Gasteiger partial charge in [-0.25, -0.2) is 9.35 Å². The van der Waals surface area contributed by atoms with Crippen LogP contribution in [0.4, 0.5) is 0 Å². The van der Waals surface area contributed by atoms with Crippen LogP contribution in [-0.2, 0) is 26.2 Å². The first-order valence-electron chi connectivity index (χ1n) is 3.94. The van der Waals surface area contributed by atoms with E-state index in [2.05, 4.69) is 0 Å². The molecule has 9 heteroatoms. The fourth-order valence-corrected chi connectivity index (χ4v) is 2.59. The van der Waals surface area contributed by atoms with Crippen molar-refractivity contribution >= 4 is 21.5 Å². The molecule has 1 aliphatic rings. The van der Waals surface area contributed by atoms with Crippen molar-refractivity contribution in [1.82, 2.24) is 3.71 Å². The topological polar surface area (TPSA) is 110 Å². The largest absolute Gasteiger partial charge is 0.377 e. The van der Waals surface area contributed by atoms with Crippen molar-refractivity contribution in [2.24, 2.45) is 5.14 Å². The van der Waals surface area contributed by atoms with Crippen molar-refractivity contribution in [2.75, 3.05) is 13.2 Å². The Morgan fingerprint density at radius 2 is 2.29 bits per heavy atom. The van der Waals surface area contributed by atoms with Crippen LogP contribution < -0.4 is 5.14 Å². The summed E-state index contributed by atoms with van der Waals surface area (Å²) in [6.07, 6.45) is 1.15. The number of hydrogen-bond acceptors (Lipinski definition) is 4. The van der Waals surface area contributed by atoms with Gasteiger partial charge in [-0.05, 0) is 12.8 Å². The highest BCUT2D eigenvalue weighted by molar-refractivity contribution is 7.97. The Labute approximate surface area is 84.8 Å². The van der Waals surface area contributed by atoms with Crippen molar-refractivity contribution in [3.05, 3.63) is 0 Å². The molecule has 2 atom stereocenters. The zero-order valence-electron chi connectivity index (χ0n) is 7.33. The number of hydrogen-bond donors (Lipinski definition) is 2. The van der Waals surface area contributed by atoms with Crippen LogP contribution in [0.2, 0.25) is 0 Å². The van der Waals surface area contributed by atoms with Gasteiger partial charge in [0.25, 0.3) is 10.2 Å². The second kappa shape index (κ2) is 4.64. The van der Waals surface area contributed by atoms with Gasteiger partial charge in [-0.2, -0.15) is 8.42 Å². The molecule has 0 saturated carbocycles. The SMILES string of the molecule is NS(=O)(=O)N(CC1CCCO1)S(=O)O. The molecule has 0 amide bonds. The number of nitrogens with zero attached hydrogens (tertiary/aromatic N) is 1. The molecule has 0 spiro atoms. The zero-order chi connectivity index (χ0) is 10.8. The van der Waals surface area contributed by atoms with E-state index in [9.17, 15) is 12.6 Å². The predicted molar refractivity (Wildman–Crippen MR) is 49.6 cm³/mol. The van der Waals surface area contributed by atoms with E-state index in [4.69, 9.17) is 14.4 Å². The average Bonchev–Trinajstić information content (AvgIpc) is 2.48. The van der Waals surface area contributed by atoms with E-state index in [0.29, 0.717) is 16.7 Å². The van der Waals surface area contributed by atoms with Gasteiger partial charge < -0.3 is 4.74 Å². The van der Waals surface area contributed by atoms with Gasteiger partial charge in [-0.15, -0.1) is 0 Å². The first kappa shape index (κ1) is 12.0. The highest BCUT2D eigenvalue weighted by Crippen LogP contribution is 2.14. The maximum atomic E-state index is 10.9. The first-order valence-corrected chi connectivity index (χ1v) is 6.51. The Balaban J connectivity index is 2.65. The monoisotopic (exact) mass is 244 g/mol. The first-order chi connectivity index (χ1) is 6.41. The van der Waals surface area contributed by atoms with Crippen molar-refractivity contribution in [3.8, 4) is 0 Å². The maximum Gasteiger partial charge on any atom is 0.290 e. The van der Waals surface area contributed by atoms with Crippen LogP contribution in [-0.4, -0.2) is 40.1 Å². The lowest BCUT2D eigenvalue weighted by Crippen LogP contribution is -2.42. The Morgan fingerprint density at radius 1 is 1.64 bits per heavy atom.